The molecule has 7 nitrogen and oxygen atoms in total. The molecule has 0 radical (unpaired) electrons. The standard InChI is InChI=1S/C17H13N3O4S/c1-4-7-19-14-6-5-12(20(22)23)9-15(14)25-17(19)18-16(21)13-8-10(2)24-11(13)3/h1,5-6,8-9H,7H2,2-3H3. The summed E-state index contributed by atoms with van der Waals surface area (Å²) in [5.41, 5.74) is 1.05. The Balaban J connectivity index is 2.18. The van der Waals surface area contributed by atoms with Gasteiger partial charge in [-0.2, -0.15) is 4.99 Å². The summed E-state index contributed by atoms with van der Waals surface area (Å²) in [6, 6.07) is 6.09. The van der Waals surface area contributed by atoms with E-state index in [1.54, 1.807) is 30.5 Å². The van der Waals surface area contributed by atoms with E-state index in [-0.39, 0.29) is 12.2 Å². The van der Waals surface area contributed by atoms with Gasteiger partial charge in [0.25, 0.3) is 11.6 Å². The minimum absolute atomic E-state index is 0.0270. The molecule has 1 amide bonds. The maximum atomic E-state index is 12.5. The van der Waals surface area contributed by atoms with Crippen LogP contribution in [0.25, 0.3) is 10.2 Å². The Bertz CT molecular complexity index is 1110. The number of hydrogen-bond donors (Lipinski definition) is 0. The maximum Gasteiger partial charge on any atom is 0.283 e. The van der Waals surface area contributed by atoms with Gasteiger partial charge in [-0.3, -0.25) is 14.9 Å². The predicted octanol–water partition coefficient (Wildman–Crippen LogP) is 3.20. The highest BCUT2D eigenvalue weighted by atomic mass is 32.1. The number of terminal acetylenes is 1. The van der Waals surface area contributed by atoms with Crippen LogP contribution in [0.5, 0.6) is 0 Å². The Hall–Kier alpha value is -3.18. The van der Waals surface area contributed by atoms with Crippen LogP contribution in [0.1, 0.15) is 21.9 Å². The molecule has 0 spiro atoms. The van der Waals surface area contributed by atoms with E-state index in [4.69, 9.17) is 10.8 Å². The smallest absolute Gasteiger partial charge is 0.283 e. The lowest BCUT2D eigenvalue weighted by atomic mass is 10.2. The largest absolute Gasteiger partial charge is 0.466 e. The zero-order chi connectivity index (χ0) is 18.1. The molecule has 1 aromatic carbocycles. The molecule has 0 aliphatic carbocycles. The molecular formula is C17H13N3O4S. The van der Waals surface area contributed by atoms with Crippen molar-refractivity contribution in [1.29, 1.82) is 0 Å². The summed E-state index contributed by atoms with van der Waals surface area (Å²) in [6.07, 6.45) is 5.41. The maximum absolute atomic E-state index is 12.5. The van der Waals surface area contributed by atoms with Crippen molar-refractivity contribution in [2.24, 2.45) is 4.99 Å². The van der Waals surface area contributed by atoms with E-state index in [9.17, 15) is 14.9 Å². The lowest BCUT2D eigenvalue weighted by molar-refractivity contribution is -0.384. The van der Waals surface area contributed by atoms with Gasteiger partial charge in [-0.25, -0.2) is 0 Å². The van der Waals surface area contributed by atoms with Crippen molar-refractivity contribution >= 4 is 33.1 Å². The molecule has 0 saturated heterocycles. The van der Waals surface area contributed by atoms with Crippen molar-refractivity contribution < 1.29 is 14.1 Å². The number of fused-ring (bicyclic) bond motifs is 1. The molecular weight excluding hydrogens is 342 g/mol. The molecule has 126 valence electrons. The average Bonchev–Trinajstić information content (AvgIpc) is 3.07. The highest BCUT2D eigenvalue weighted by molar-refractivity contribution is 7.16. The number of hydrogen-bond acceptors (Lipinski definition) is 5. The number of furan rings is 1. The predicted molar refractivity (Wildman–Crippen MR) is 93.4 cm³/mol. The van der Waals surface area contributed by atoms with Gasteiger partial charge >= 0.3 is 0 Å². The minimum atomic E-state index is -0.468. The van der Waals surface area contributed by atoms with Gasteiger partial charge in [0.2, 0.25) is 0 Å². The van der Waals surface area contributed by atoms with E-state index in [0.717, 1.165) is 0 Å². The molecule has 0 bridgehead atoms. The number of nitrogens with zero attached hydrogens (tertiary/aromatic N) is 3. The van der Waals surface area contributed by atoms with Gasteiger partial charge in [-0.15, -0.1) is 6.42 Å². The van der Waals surface area contributed by atoms with Crippen LogP contribution in [0, 0.1) is 36.3 Å². The van der Waals surface area contributed by atoms with Crippen LogP contribution in [0.15, 0.2) is 33.7 Å². The number of rotatable bonds is 3. The van der Waals surface area contributed by atoms with E-state index in [1.807, 2.05) is 0 Å². The third kappa shape index (κ3) is 3.09. The molecule has 0 fully saturated rings. The van der Waals surface area contributed by atoms with Crippen molar-refractivity contribution in [2.75, 3.05) is 0 Å². The number of aromatic nitrogens is 1. The zero-order valence-corrected chi connectivity index (χ0v) is 14.3. The highest BCUT2D eigenvalue weighted by Gasteiger charge is 2.15. The number of benzene rings is 1. The monoisotopic (exact) mass is 355 g/mol. The topological polar surface area (TPSA) is 90.6 Å². The first-order chi connectivity index (χ1) is 11.9. The molecule has 3 rings (SSSR count). The Kier molecular flexibility index (Phi) is 4.25. The van der Waals surface area contributed by atoms with Crippen molar-refractivity contribution in [2.45, 2.75) is 20.4 Å². The van der Waals surface area contributed by atoms with Crippen LogP contribution in [-0.4, -0.2) is 15.4 Å². The molecule has 2 aromatic heterocycles. The Morgan fingerprint density at radius 3 is 2.80 bits per heavy atom. The first kappa shape index (κ1) is 16.7. The molecule has 0 saturated carbocycles. The molecule has 3 aromatic rings. The molecule has 0 N–H and O–H groups in total. The molecule has 2 heterocycles. The quantitative estimate of drug-likeness (QED) is 0.410. The van der Waals surface area contributed by atoms with Gasteiger partial charge in [0, 0.05) is 12.1 Å². The third-order valence-electron chi connectivity index (χ3n) is 3.60. The van der Waals surface area contributed by atoms with Crippen molar-refractivity contribution in [3.63, 3.8) is 0 Å². The van der Waals surface area contributed by atoms with E-state index < -0.39 is 10.8 Å². The second-order valence-corrected chi connectivity index (χ2v) is 6.34. The number of nitro benzene ring substituents is 1. The average molecular weight is 355 g/mol. The van der Waals surface area contributed by atoms with Crippen LogP contribution >= 0.6 is 11.3 Å². The number of carbonyl (C=O) groups is 1. The zero-order valence-electron chi connectivity index (χ0n) is 13.5. The minimum Gasteiger partial charge on any atom is -0.466 e. The van der Waals surface area contributed by atoms with Crippen LogP contribution in [0.2, 0.25) is 0 Å². The molecule has 0 unspecified atom stereocenters. The summed E-state index contributed by atoms with van der Waals surface area (Å²) in [7, 11) is 0. The van der Waals surface area contributed by atoms with Gasteiger partial charge < -0.3 is 8.98 Å². The number of nitro groups is 1. The fourth-order valence-corrected chi connectivity index (χ4v) is 3.56. The lowest BCUT2D eigenvalue weighted by Crippen LogP contribution is -2.16. The van der Waals surface area contributed by atoms with Crippen LogP contribution in [0.3, 0.4) is 0 Å². The molecule has 25 heavy (non-hydrogen) atoms. The highest BCUT2D eigenvalue weighted by Crippen LogP contribution is 2.23. The molecule has 0 atom stereocenters. The van der Waals surface area contributed by atoms with Gasteiger partial charge in [-0.05, 0) is 26.0 Å². The summed E-state index contributed by atoms with van der Waals surface area (Å²) in [5, 5.41) is 10.9. The van der Waals surface area contributed by atoms with E-state index in [1.165, 1.54) is 23.5 Å². The van der Waals surface area contributed by atoms with Crippen LogP contribution in [0.4, 0.5) is 5.69 Å². The van der Waals surface area contributed by atoms with Crippen molar-refractivity contribution in [3.8, 4) is 12.3 Å². The summed E-state index contributed by atoms with van der Waals surface area (Å²) in [6.45, 7) is 3.65. The van der Waals surface area contributed by atoms with Crippen LogP contribution < -0.4 is 4.80 Å². The van der Waals surface area contributed by atoms with Gasteiger partial charge in [0.15, 0.2) is 4.80 Å². The first-order valence-corrected chi connectivity index (χ1v) is 8.09. The Labute approximate surface area is 146 Å². The fraction of sp³-hybridized carbons (Fsp3) is 0.176. The number of thiazole rings is 1. The van der Waals surface area contributed by atoms with Crippen molar-refractivity contribution in [3.05, 3.63) is 56.3 Å². The lowest BCUT2D eigenvalue weighted by Gasteiger charge is -1.99. The Morgan fingerprint density at radius 1 is 1.44 bits per heavy atom. The van der Waals surface area contributed by atoms with E-state index >= 15 is 0 Å². The number of aryl methyl sites for hydroxylation is 2. The molecule has 0 aliphatic heterocycles. The summed E-state index contributed by atoms with van der Waals surface area (Å²) >= 11 is 1.18. The summed E-state index contributed by atoms with van der Waals surface area (Å²) in [5.74, 6) is 3.19. The van der Waals surface area contributed by atoms with Crippen LogP contribution in [-0.2, 0) is 6.54 Å². The van der Waals surface area contributed by atoms with Gasteiger partial charge in [0.1, 0.15) is 11.5 Å². The third-order valence-corrected chi connectivity index (χ3v) is 4.64. The van der Waals surface area contributed by atoms with E-state index in [2.05, 4.69) is 10.9 Å². The second-order valence-electron chi connectivity index (χ2n) is 5.33. The number of amides is 1. The first-order valence-electron chi connectivity index (χ1n) is 7.28. The van der Waals surface area contributed by atoms with Crippen molar-refractivity contribution in [1.82, 2.24) is 4.57 Å². The number of non-ortho nitro benzene ring substituents is 1. The normalized spacial score (nSPS) is 11.6. The van der Waals surface area contributed by atoms with Gasteiger partial charge in [-0.1, -0.05) is 17.3 Å². The van der Waals surface area contributed by atoms with Gasteiger partial charge in [0.05, 0.1) is 27.2 Å². The SMILES string of the molecule is C#CCn1c(=NC(=O)c2cc(C)oc2C)sc2cc([N+](=O)[O-])ccc21. The summed E-state index contributed by atoms with van der Waals surface area (Å²) in [4.78, 5) is 27.5. The van der Waals surface area contributed by atoms with E-state index in [0.29, 0.717) is 32.1 Å². The molecule has 8 heteroatoms. The fourth-order valence-electron chi connectivity index (χ4n) is 2.50. The summed E-state index contributed by atoms with van der Waals surface area (Å²) < 4.78 is 7.68. The Morgan fingerprint density at radius 2 is 2.20 bits per heavy atom. The second kappa shape index (κ2) is 6.37. The molecule has 0 aliphatic rings. The number of carbonyl (C=O) groups excluding carboxylic acids is 1.